The van der Waals surface area contributed by atoms with Crippen LogP contribution in [0.3, 0.4) is 0 Å². The van der Waals surface area contributed by atoms with Gasteiger partial charge >= 0.3 is 5.97 Å². The van der Waals surface area contributed by atoms with Gasteiger partial charge in [0.15, 0.2) is 0 Å². The highest BCUT2D eigenvalue weighted by Gasteiger charge is 2.26. The number of nitrogens with one attached hydrogen (secondary N) is 4. The third-order valence-electron chi connectivity index (χ3n) is 4.38. The van der Waals surface area contributed by atoms with Crippen LogP contribution in [0.25, 0.3) is 0 Å². The quantitative estimate of drug-likeness (QED) is 0.122. The van der Waals surface area contributed by atoms with E-state index in [0.717, 1.165) is 0 Å². The second kappa shape index (κ2) is 13.7. The third kappa shape index (κ3) is 9.99. The van der Waals surface area contributed by atoms with Gasteiger partial charge in [0, 0.05) is 18.3 Å². The van der Waals surface area contributed by atoms with E-state index < -0.39 is 60.7 Å². The van der Waals surface area contributed by atoms with E-state index in [0.29, 0.717) is 31.5 Å². The first-order valence-corrected chi connectivity index (χ1v) is 9.95. The van der Waals surface area contributed by atoms with Crippen molar-refractivity contribution in [3.8, 4) is 0 Å². The smallest absolute Gasteiger partial charge is 0.326 e. The van der Waals surface area contributed by atoms with Gasteiger partial charge in [-0.15, -0.1) is 0 Å². The van der Waals surface area contributed by atoms with Crippen LogP contribution in [-0.2, 0) is 30.4 Å². The van der Waals surface area contributed by atoms with Crippen LogP contribution in [0.1, 0.15) is 31.4 Å². The number of nitrogens with two attached hydrogens (primary N) is 3. The van der Waals surface area contributed by atoms with Gasteiger partial charge in [0.2, 0.25) is 23.6 Å². The van der Waals surface area contributed by atoms with Gasteiger partial charge in [0.1, 0.15) is 12.1 Å². The SMILES string of the molecule is NCCCCC(N)C(=O)NC(CC(N)=O)C(=O)NCC(=O)NC(Cc1cnc[nH]1)C(=O)O. The molecule has 4 amide bonds. The molecule has 0 bridgehead atoms. The van der Waals surface area contributed by atoms with Crippen molar-refractivity contribution < 1.29 is 29.1 Å². The predicted molar refractivity (Wildman–Crippen MR) is 111 cm³/mol. The molecule has 178 valence electrons. The van der Waals surface area contributed by atoms with Crippen LogP contribution in [0.15, 0.2) is 12.5 Å². The Bertz CT molecular complexity index is 784. The van der Waals surface area contributed by atoms with Crippen LogP contribution in [0, 0.1) is 0 Å². The molecule has 1 heterocycles. The molecule has 3 atom stereocenters. The van der Waals surface area contributed by atoms with Crippen LogP contribution >= 0.6 is 0 Å². The number of carbonyl (C=O) groups is 5. The van der Waals surface area contributed by atoms with Crippen molar-refractivity contribution in [1.82, 2.24) is 25.9 Å². The number of H-pyrrole nitrogens is 1. The number of unbranched alkanes of at least 4 members (excludes halogenated alkanes) is 1. The molecule has 11 N–H and O–H groups in total. The second-order valence-electron chi connectivity index (χ2n) is 7.08. The molecule has 3 unspecified atom stereocenters. The molecule has 1 aromatic heterocycles. The van der Waals surface area contributed by atoms with Crippen molar-refractivity contribution in [2.24, 2.45) is 17.2 Å². The lowest BCUT2D eigenvalue weighted by Crippen LogP contribution is -2.54. The van der Waals surface area contributed by atoms with E-state index in [-0.39, 0.29) is 6.42 Å². The first kappa shape index (κ1) is 26.5. The maximum atomic E-state index is 12.4. The van der Waals surface area contributed by atoms with Gasteiger partial charge in [0.25, 0.3) is 0 Å². The van der Waals surface area contributed by atoms with Crippen molar-refractivity contribution in [2.75, 3.05) is 13.1 Å². The van der Waals surface area contributed by atoms with Gasteiger partial charge in [-0.1, -0.05) is 6.42 Å². The average Bonchev–Trinajstić information content (AvgIpc) is 3.23. The number of aromatic amines is 1. The van der Waals surface area contributed by atoms with Crippen molar-refractivity contribution in [3.05, 3.63) is 18.2 Å². The maximum absolute atomic E-state index is 12.4. The van der Waals surface area contributed by atoms with E-state index in [4.69, 9.17) is 17.2 Å². The Kier molecular flexibility index (Phi) is 11.4. The monoisotopic (exact) mass is 454 g/mol. The lowest BCUT2D eigenvalue weighted by Gasteiger charge is -2.20. The highest BCUT2D eigenvalue weighted by molar-refractivity contribution is 5.95. The number of aliphatic carboxylic acids is 1. The number of hydrogen-bond acceptors (Lipinski definition) is 8. The zero-order valence-electron chi connectivity index (χ0n) is 17.5. The number of carboxylic acids is 1. The van der Waals surface area contributed by atoms with Crippen molar-refractivity contribution in [1.29, 1.82) is 0 Å². The summed E-state index contributed by atoms with van der Waals surface area (Å²) in [6.45, 7) is -0.132. The maximum Gasteiger partial charge on any atom is 0.326 e. The largest absolute Gasteiger partial charge is 0.480 e. The topological polar surface area (TPSA) is 248 Å². The van der Waals surface area contributed by atoms with E-state index in [9.17, 15) is 29.1 Å². The molecule has 0 spiro atoms. The number of carbonyl (C=O) groups excluding carboxylic acids is 4. The van der Waals surface area contributed by atoms with Crippen LogP contribution in [-0.4, -0.2) is 75.9 Å². The summed E-state index contributed by atoms with van der Waals surface area (Å²) in [7, 11) is 0. The molecule has 0 aliphatic rings. The number of imidazole rings is 1. The van der Waals surface area contributed by atoms with E-state index in [1.807, 2.05) is 0 Å². The molecule has 0 saturated heterocycles. The summed E-state index contributed by atoms with van der Waals surface area (Å²) in [5.74, 6) is -4.41. The van der Waals surface area contributed by atoms with E-state index >= 15 is 0 Å². The van der Waals surface area contributed by atoms with Crippen molar-refractivity contribution >= 4 is 29.6 Å². The minimum atomic E-state index is -1.34. The summed E-state index contributed by atoms with van der Waals surface area (Å²) in [5, 5.41) is 16.1. The Balaban J connectivity index is 2.61. The molecule has 0 aromatic carbocycles. The number of amides is 4. The summed E-state index contributed by atoms with van der Waals surface area (Å²) < 4.78 is 0. The lowest BCUT2D eigenvalue weighted by atomic mass is 10.1. The van der Waals surface area contributed by atoms with E-state index in [1.54, 1.807) is 0 Å². The van der Waals surface area contributed by atoms with Crippen LogP contribution in [0.4, 0.5) is 0 Å². The zero-order valence-corrected chi connectivity index (χ0v) is 17.5. The highest BCUT2D eigenvalue weighted by Crippen LogP contribution is 2.01. The Labute approximate surface area is 184 Å². The molecular formula is C18H30N8O6. The van der Waals surface area contributed by atoms with E-state index in [1.165, 1.54) is 12.5 Å². The lowest BCUT2D eigenvalue weighted by molar-refractivity contribution is -0.141. The Morgan fingerprint density at radius 2 is 1.81 bits per heavy atom. The van der Waals surface area contributed by atoms with Gasteiger partial charge < -0.3 is 43.2 Å². The number of carboxylic acid groups (broad SMARTS) is 1. The summed E-state index contributed by atoms with van der Waals surface area (Å²) in [6, 6.07) is -3.51. The first-order chi connectivity index (χ1) is 15.1. The van der Waals surface area contributed by atoms with Gasteiger partial charge in [0.05, 0.1) is 25.3 Å². The minimum Gasteiger partial charge on any atom is -0.480 e. The Morgan fingerprint density at radius 1 is 1.09 bits per heavy atom. The second-order valence-corrected chi connectivity index (χ2v) is 7.08. The minimum absolute atomic E-state index is 0.0442. The molecule has 32 heavy (non-hydrogen) atoms. The van der Waals surface area contributed by atoms with Gasteiger partial charge in [-0.25, -0.2) is 9.78 Å². The average molecular weight is 454 g/mol. The molecule has 1 aromatic rings. The summed E-state index contributed by atoms with van der Waals surface area (Å²) in [6.07, 6.45) is 3.86. The van der Waals surface area contributed by atoms with Crippen LogP contribution in [0.2, 0.25) is 0 Å². The Hall–Kier alpha value is -3.52. The van der Waals surface area contributed by atoms with Crippen LogP contribution in [0.5, 0.6) is 0 Å². The highest BCUT2D eigenvalue weighted by atomic mass is 16.4. The molecule has 14 heteroatoms. The third-order valence-corrected chi connectivity index (χ3v) is 4.38. The molecule has 14 nitrogen and oxygen atoms in total. The number of hydrogen-bond donors (Lipinski definition) is 8. The van der Waals surface area contributed by atoms with E-state index in [2.05, 4.69) is 25.9 Å². The summed E-state index contributed by atoms with van der Waals surface area (Å²) >= 11 is 0. The Morgan fingerprint density at radius 3 is 2.38 bits per heavy atom. The first-order valence-electron chi connectivity index (χ1n) is 9.95. The normalized spacial score (nSPS) is 13.4. The van der Waals surface area contributed by atoms with Crippen molar-refractivity contribution in [3.63, 3.8) is 0 Å². The van der Waals surface area contributed by atoms with Gasteiger partial charge in [-0.2, -0.15) is 0 Å². The number of primary amides is 1. The molecule has 0 fully saturated rings. The molecule has 0 radical (unpaired) electrons. The molecule has 0 aliphatic heterocycles. The fourth-order valence-electron chi connectivity index (χ4n) is 2.68. The number of aromatic nitrogens is 2. The fraction of sp³-hybridized carbons (Fsp3) is 0.556. The molecular weight excluding hydrogens is 424 g/mol. The standard InChI is InChI=1S/C18H30N8O6/c19-4-2-1-3-11(20)16(29)26-12(6-14(21)27)17(30)23-8-15(28)25-13(18(31)32)5-10-7-22-9-24-10/h7,9,11-13H,1-6,8,19-20H2,(H2,21,27)(H,22,24)(H,23,30)(H,25,28)(H,26,29)(H,31,32). The summed E-state index contributed by atoms with van der Waals surface area (Å²) in [5.41, 5.74) is 16.8. The molecule has 1 rings (SSSR count). The predicted octanol–water partition coefficient (Wildman–Crippen LogP) is -3.55. The van der Waals surface area contributed by atoms with Gasteiger partial charge in [-0.05, 0) is 19.4 Å². The zero-order chi connectivity index (χ0) is 24.1. The molecule has 0 aliphatic carbocycles. The fourth-order valence-corrected chi connectivity index (χ4v) is 2.68. The number of rotatable bonds is 15. The van der Waals surface area contributed by atoms with Gasteiger partial charge in [-0.3, -0.25) is 19.2 Å². The summed E-state index contributed by atoms with van der Waals surface area (Å²) in [4.78, 5) is 65.8. The number of nitrogens with zero attached hydrogens (tertiary/aromatic N) is 1. The van der Waals surface area contributed by atoms with Crippen molar-refractivity contribution in [2.45, 2.75) is 50.2 Å². The van der Waals surface area contributed by atoms with Crippen LogP contribution < -0.4 is 33.2 Å². The molecule has 0 saturated carbocycles.